The van der Waals surface area contributed by atoms with E-state index in [2.05, 4.69) is 24.4 Å². The molecule has 4 rings (SSSR count). The Morgan fingerprint density at radius 3 is 2.68 bits per heavy atom. The van der Waals surface area contributed by atoms with Crippen LogP contribution in [0.4, 0.5) is 0 Å². The number of aryl methyl sites for hydroxylation is 1. The third kappa shape index (κ3) is 4.51. The Labute approximate surface area is 200 Å². The lowest BCUT2D eigenvalue weighted by atomic mass is 9.52. The van der Waals surface area contributed by atoms with Crippen LogP contribution in [0.2, 0.25) is 0 Å². The number of alkyl halides is 3. The van der Waals surface area contributed by atoms with E-state index in [9.17, 15) is 13.0 Å². The van der Waals surface area contributed by atoms with Crippen molar-refractivity contribution in [2.45, 2.75) is 80.1 Å². The number of nitrogens with one attached hydrogen (secondary N) is 1. The van der Waals surface area contributed by atoms with Crippen molar-refractivity contribution < 1.29 is 13.0 Å². The van der Waals surface area contributed by atoms with Crippen LogP contribution in [0.25, 0.3) is 0 Å². The highest BCUT2D eigenvalue weighted by Crippen LogP contribution is 2.55. The topological polar surface area (TPSA) is 69.6 Å². The SMILES string of the molecule is CCC(c1cc(C)c2c(c1)[C@]13CCCC[C@@H]1[C@H](C2)NCC3)N(CC(Cl)(Cl)Cl)S(=O)(=O)O. The molecule has 0 radical (unpaired) electrons. The van der Waals surface area contributed by atoms with Crippen molar-refractivity contribution in [2.24, 2.45) is 5.92 Å². The van der Waals surface area contributed by atoms with E-state index in [1.54, 1.807) is 0 Å². The molecule has 2 fully saturated rings. The third-order valence-corrected chi connectivity index (χ3v) is 9.10. The number of fused-ring (bicyclic) bond motifs is 1. The highest BCUT2D eigenvalue weighted by Gasteiger charge is 2.52. The maximum atomic E-state index is 12.3. The predicted molar refractivity (Wildman–Crippen MR) is 127 cm³/mol. The minimum atomic E-state index is -4.56. The van der Waals surface area contributed by atoms with Crippen LogP contribution < -0.4 is 5.32 Å². The van der Waals surface area contributed by atoms with E-state index >= 15 is 0 Å². The monoisotopic (exact) mass is 508 g/mol. The van der Waals surface area contributed by atoms with Crippen molar-refractivity contribution in [1.82, 2.24) is 9.62 Å². The lowest BCUT2D eigenvalue weighted by Crippen LogP contribution is -2.59. The van der Waals surface area contributed by atoms with Crippen LogP contribution in [-0.4, -0.2) is 40.2 Å². The van der Waals surface area contributed by atoms with Crippen molar-refractivity contribution in [3.05, 3.63) is 34.4 Å². The van der Waals surface area contributed by atoms with Crippen molar-refractivity contribution >= 4 is 45.1 Å². The fourth-order valence-corrected chi connectivity index (χ4v) is 8.12. The van der Waals surface area contributed by atoms with Crippen molar-refractivity contribution in [2.75, 3.05) is 13.1 Å². The average Bonchev–Trinajstić information content (AvgIpc) is 2.67. The molecule has 1 heterocycles. The molecule has 31 heavy (non-hydrogen) atoms. The molecule has 0 amide bonds. The van der Waals surface area contributed by atoms with E-state index in [0.717, 1.165) is 29.3 Å². The molecule has 2 bridgehead atoms. The number of rotatable bonds is 5. The second-order valence-corrected chi connectivity index (χ2v) is 13.3. The molecule has 4 atom stereocenters. The van der Waals surface area contributed by atoms with Crippen LogP contribution in [0, 0.1) is 12.8 Å². The zero-order chi connectivity index (χ0) is 22.6. The Hall–Kier alpha value is -0.0800. The first kappa shape index (κ1) is 24.1. The first-order valence-corrected chi connectivity index (χ1v) is 13.7. The first-order valence-electron chi connectivity index (χ1n) is 11.1. The summed E-state index contributed by atoms with van der Waals surface area (Å²) in [5.74, 6) is 0.621. The van der Waals surface area contributed by atoms with Gasteiger partial charge in [0, 0.05) is 11.5 Å². The lowest BCUT2D eigenvalue weighted by molar-refractivity contribution is 0.0793. The Balaban J connectivity index is 1.83. The second-order valence-electron chi connectivity index (χ2n) is 9.45. The molecule has 0 aromatic heterocycles. The average molecular weight is 510 g/mol. The van der Waals surface area contributed by atoms with Crippen LogP contribution in [0.15, 0.2) is 12.1 Å². The highest BCUT2D eigenvalue weighted by atomic mass is 35.6. The minimum Gasteiger partial charge on any atom is -0.313 e. The van der Waals surface area contributed by atoms with Crippen molar-refractivity contribution in [3.63, 3.8) is 0 Å². The van der Waals surface area contributed by atoms with Crippen LogP contribution >= 0.6 is 34.8 Å². The second kappa shape index (κ2) is 8.61. The van der Waals surface area contributed by atoms with E-state index in [1.807, 2.05) is 6.92 Å². The van der Waals surface area contributed by atoms with Gasteiger partial charge in [-0.25, -0.2) is 0 Å². The van der Waals surface area contributed by atoms with Gasteiger partial charge in [-0.1, -0.05) is 66.7 Å². The Kier molecular flexibility index (Phi) is 6.68. The Bertz CT molecular complexity index is 946. The predicted octanol–water partition coefficient (Wildman–Crippen LogP) is 5.27. The number of piperidine rings is 1. The minimum absolute atomic E-state index is 0.152. The zero-order valence-electron chi connectivity index (χ0n) is 18.0. The molecule has 9 heteroatoms. The molecular formula is C22H31Cl3N2O3S. The molecule has 3 aliphatic rings. The van der Waals surface area contributed by atoms with Gasteiger partial charge < -0.3 is 5.32 Å². The van der Waals surface area contributed by atoms with E-state index < -0.39 is 26.7 Å². The number of benzene rings is 1. The van der Waals surface area contributed by atoms with Gasteiger partial charge >= 0.3 is 10.3 Å². The Morgan fingerprint density at radius 1 is 1.29 bits per heavy atom. The van der Waals surface area contributed by atoms with Crippen LogP contribution in [0.5, 0.6) is 0 Å². The molecule has 1 aromatic rings. The van der Waals surface area contributed by atoms with Gasteiger partial charge in [-0.3, -0.25) is 4.55 Å². The fourth-order valence-electron chi connectivity index (χ4n) is 6.58. The van der Waals surface area contributed by atoms with Crippen LogP contribution in [0.3, 0.4) is 0 Å². The summed E-state index contributed by atoms with van der Waals surface area (Å²) in [6.07, 6.45) is 7.50. The molecule has 1 saturated carbocycles. The Morgan fingerprint density at radius 2 is 2.03 bits per heavy atom. The summed E-state index contributed by atoms with van der Waals surface area (Å²) in [6, 6.07) is 4.17. The van der Waals surface area contributed by atoms with Gasteiger partial charge in [-0.2, -0.15) is 12.7 Å². The molecule has 1 saturated heterocycles. The summed E-state index contributed by atoms with van der Waals surface area (Å²) in [7, 11) is -4.56. The number of nitrogens with zero attached hydrogens (tertiary/aromatic N) is 1. The molecule has 2 N–H and O–H groups in total. The normalized spacial score (nSPS) is 29.4. The summed E-state index contributed by atoms with van der Waals surface area (Å²) < 4.78 is 33.6. The van der Waals surface area contributed by atoms with Crippen molar-refractivity contribution in [1.29, 1.82) is 0 Å². The van der Waals surface area contributed by atoms with E-state index in [1.165, 1.54) is 42.4 Å². The van der Waals surface area contributed by atoms with Gasteiger partial charge in [0.05, 0.1) is 12.6 Å². The smallest absolute Gasteiger partial charge is 0.313 e. The quantitative estimate of drug-likeness (QED) is 0.419. The van der Waals surface area contributed by atoms with Crippen molar-refractivity contribution in [3.8, 4) is 0 Å². The first-order chi connectivity index (χ1) is 14.5. The fraction of sp³-hybridized carbons (Fsp3) is 0.727. The van der Waals surface area contributed by atoms with Crippen LogP contribution in [-0.2, 0) is 22.1 Å². The van der Waals surface area contributed by atoms with Crippen LogP contribution in [0.1, 0.15) is 73.7 Å². The van der Waals surface area contributed by atoms with Gasteiger partial charge in [0.15, 0.2) is 0 Å². The standard InChI is InChI=1S/C22H31Cl3N2O3S/c1-3-20(27(31(28,29)30)13-22(23,24)25)15-10-14(2)16-12-19-17-6-4-5-7-21(17,8-9-26-19)18(16)11-15/h10-11,17,19-20,26H,3-9,12-13H2,1-2H3,(H,28,29,30)/t17-,19+,20?,21+/m1/s1. The summed E-state index contributed by atoms with van der Waals surface area (Å²) in [5, 5.41) is 3.76. The summed E-state index contributed by atoms with van der Waals surface area (Å²) in [6.45, 7) is 4.60. The summed E-state index contributed by atoms with van der Waals surface area (Å²) >= 11 is 17.8. The molecule has 174 valence electrons. The van der Waals surface area contributed by atoms with Gasteiger partial charge in [-0.05, 0) is 73.7 Å². The number of hydrogen-bond donors (Lipinski definition) is 2. The largest absolute Gasteiger partial charge is 0.336 e. The molecular weight excluding hydrogens is 479 g/mol. The molecule has 1 aliphatic heterocycles. The zero-order valence-corrected chi connectivity index (χ0v) is 21.1. The molecule has 1 aromatic carbocycles. The molecule has 1 unspecified atom stereocenters. The van der Waals surface area contributed by atoms with E-state index in [-0.39, 0.29) is 5.41 Å². The van der Waals surface area contributed by atoms with Gasteiger partial charge in [-0.15, -0.1) is 0 Å². The van der Waals surface area contributed by atoms with Gasteiger partial charge in [0.2, 0.25) is 3.79 Å². The summed E-state index contributed by atoms with van der Waals surface area (Å²) in [4.78, 5) is 0. The molecule has 2 aliphatic carbocycles. The summed E-state index contributed by atoms with van der Waals surface area (Å²) in [5.41, 5.74) is 4.97. The van der Waals surface area contributed by atoms with Gasteiger partial charge in [0.25, 0.3) is 0 Å². The lowest BCUT2D eigenvalue weighted by Gasteiger charge is -2.56. The third-order valence-electron chi connectivity index (χ3n) is 7.77. The maximum Gasteiger partial charge on any atom is 0.336 e. The maximum absolute atomic E-state index is 12.3. The highest BCUT2D eigenvalue weighted by molar-refractivity contribution is 7.83. The number of hydrogen-bond acceptors (Lipinski definition) is 3. The van der Waals surface area contributed by atoms with Gasteiger partial charge in [0.1, 0.15) is 0 Å². The van der Waals surface area contributed by atoms with E-state index in [4.69, 9.17) is 34.8 Å². The van der Waals surface area contributed by atoms with E-state index in [0.29, 0.717) is 18.4 Å². The molecule has 0 spiro atoms. The number of halogens is 3. The molecule has 5 nitrogen and oxygen atoms in total.